The third kappa shape index (κ3) is 2.82. The minimum atomic E-state index is -1.02. The molecule has 0 saturated carbocycles. The van der Waals surface area contributed by atoms with Crippen LogP contribution in [0.25, 0.3) is 0 Å². The van der Waals surface area contributed by atoms with Crippen molar-refractivity contribution in [2.75, 3.05) is 0 Å². The summed E-state index contributed by atoms with van der Waals surface area (Å²) in [5, 5.41) is 12.0. The number of fused-ring (bicyclic) bond motifs is 1. The van der Waals surface area contributed by atoms with Crippen molar-refractivity contribution in [2.45, 2.75) is 45.1 Å². The van der Waals surface area contributed by atoms with E-state index in [0.717, 1.165) is 12.0 Å². The molecular formula is C19H21NO4. The van der Waals surface area contributed by atoms with E-state index in [1.165, 1.54) is 11.8 Å². The second-order valence-corrected chi connectivity index (χ2v) is 6.99. The summed E-state index contributed by atoms with van der Waals surface area (Å²) in [6.45, 7) is 6.07. The number of hydrogen-bond acceptors (Lipinski definition) is 3. The zero-order valence-corrected chi connectivity index (χ0v) is 14.1. The first-order valence-corrected chi connectivity index (χ1v) is 7.98. The molecule has 2 aromatic rings. The van der Waals surface area contributed by atoms with Crippen LogP contribution < -0.4 is 5.32 Å². The lowest BCUT2D eigenvalue weighted by molar-refractivity contribution is -0.136. The molecule has 1 aromatic heterocycles. The fraction of sp³-hybridized carbons (Fsp3) is 0.368. The number of furan rings is 1. The van der Waals surface area contributed by atoms with E-state index in [4.69, 9.17) is 9.52 Å². The molecule has 1 atom stereocenters. The molecule has 3 rings (SSSR count). The number of carboxylic acids is 1. The summed E-state index contributed by atoms with van der Waals surface area (Å²) in [5.41, 5.74) is 3.33. The van der Waals surface area contributed by atoms with Gasteiger partial charge in [-0.15, -0.1) is 0 Å². The van der Waals surface area contributed by atoms with Gasteiger partial charge in [0.15, 0.2) is 0 Å². The highest BCUT2D eigenvalue weighted by Gasteiger charge is 2.37. The summed E-state index contributed by atoms with van der Waals surface area (Å²) in [6, 6.07) is 8.03. The number of nitrogens with one attached hydrogen (secondary N) is 1. The van der Waals surface area contributed by atoms with Crippen LogP contribution in [-0.4, -0.2) is 17.0 Å². The van der Waals surface area contributed by atoms with E-state index in [1.54, 1.807) is 6.92 Å². The normalized spacial score (nSPS) is 18.2. The largest absolute Gasteiger partial charge is 0.481 e. The number of rotatable bonds is 4. The van der Waals surface area contributed by atoms with E-state index in [0.29, 0.717) is 11.1 Å². The van der Waals surface area contributed by atoms with Gasteiger partial charge in [0.2, 0.25) is 0 Å². The fourth-order valence-corrected chi connectivity index (χ4v) is 3.58. The van der Waals surface area contributed by atoms with Gasteiger partial charge in [0.05, 0.1) is 17.9 Å². The first kappa shape index (κ1) is 16.3. The fourth-order valence-electron chi connectivity index (χ4n) is 3.58. The van der Waals surface area contributed by atoms with Crippen molar-refractivity contribution in [3.63, 3.8) is 0 Å². The van der Waals surface area contributed by atoms with Crippen LogP contribution in [0.15, 0.2) is 34.9 Å². The highest BCUT2D eigenvalue weighted by atomic mass is 16.4. The minimum absolute atomic E-state index is 0.0100. The maximum absolute atomic E-state index is 12.7. The molecule has 1 aliphatic rings. The van der Waals surface area contributed by atoms with Crippen molar-refractivity contribution in [3.8, 4) is 0 Å². The molecule has 126 valence electrons. The molecule has 0 spiro atoms. The number of aryl methyl sites for hydroxylation is 1. The van der Waals surface area contributed by atoms with Gasteiger partial charge in [-0.2, -0.15) is 0 Å². The number of carbonyl (C=O) groups is 2. The Morgan fingerprint density at radius 1 is 1.33 bits per heavy atom. The van der Waals surface area contributed by atoms with Gasteiger partial charge in [0.25, 0.3) is 5.91 Å². The molecule has 0 bridgehead atoms. The van der Waals surface area contributed by atoms with Crippen LogP contribution in [0.5, 0.6) is 0 Å². The molecule has 1 amide bonds. The maximum Gasteiger partial charge on any atom is 0.311 e. The van der Waals surface area contributed by atoms with Crippen molar-refractivity contribution < 1.29 is 19.1 Å². The van der Waals surface area contributed by atoms with Crippen molar-refractivity contribution in [1.82, 2.24) is 5.32 Å². The van der Waals surface area contributed by atoms with Crippen molar-refractivity contribution >= 4 is 11.9 Å². The molecule has 0 saturated heterocycles. The lowest BCUT2D eigenvalue weighted by Gasteiger charge is -2.19. The molecule has 1 aromatic carbocycles. The maximum atomic E-state index is 12.7. The molecule has 5 nitrogen and oxygen atoms in total. The van der Waals surface area contributed by atoms with Crippen molar-refractivity contribution in [1.29, 1.82) is 0 Å². The van der Waals surface area contributed by atoms with Crippen LogP contribution >= 0.6 is 0 Å². The Bertz CT molecular complexity index is 803. The third-order valence-electron chi connectivity index (χ3n) is 4.68. The summed E-state index contributed by atoms with van der Waals surface area (Å²) in [4.78, 5) is 23.7. The molecular weight excluding hydrogens is 306 g/mol. The number of carboxylic acid groups (broad SMARTS) is 1. The van der Waals surface area contributed by atoms with Gasteiger partial charge in [-0.1, -0.05) is 38.1 Å². The Kier molecular flexibility index (Phi) is 3.95. The predicted molar refractivity (Wildman–Crippen MR) is 89.1 cm³/mol. The predicted octanol–water partition coefficient (Wildman–Crippen LogP) is 3.37. The third-order valence-corrected chi connectivity index (χ3v) is 4.68. The van der Waals surface area contributed by atoms with Crippen LogP contribution in [0.1, 0.15) is 59.1 Å². The van der Waals surface area contributed by atoms with E-state index in [2.05, 4.69) is 25.2 Å². The second kappa shape index (κ2) is 5.82. The van der Waals surface area contributed by atoms with Crippen LogP contribution in [0.3, 0.4) is 0 Å². The molecule has 1 aliphatic carbocycles. The number of aliphatic carboxylic acids is 1. The average molecular weight is 327 g/mol. The van der Waals surface area contributed by atoms with Crippen LogP contribution in [0.4, 0.5) is 0 Å². The minimum Gasteiger partial charge on any atom is -0.481 e. The standard InChI is InChI=1S/C19H21NO4/c1-11-10-24-15(8-16(21)22)17(11)18(23)20-14-9-19(2,3)13-7-5-4-6-12(13)14/h4-7,10,14H,8-9H2,1-3H3,(H,20,23)(H,21,22). The molecule has 1 heterocycles. The van der Waals surface area contributed by atoms with Gasteiger partial charge in [-0.05, 0) is 29.9 Å². The van der Waals surface area contributed by atoms with Gasteiger partial charge in [-0.3, -0.25) is 9.59 Å². The van der Waals surface area contributed by atoms with Crippen LogP contribution in [0, 0.1) is 6.92 Å². The quantitative estimate of drug-likeness (QED) is 0.902. The number of hydrogen-bond donors (Lipinski definition) is 2. The molecule has 5 heteroatoms. The summed E-state index contributed by atoms with van der Waals surface area (Å²) in [6.07, 6.45) is 1.94. The molecule has 0 radical (unpaired) electrons. The topological polar surface area (TPSA) is 79.5 Å². The van der Waals surface area contributed by atoms with E-state index < -0.39 is 5.97 Å². The van der Waals surface area contributed by atoms with Gasteiger partial charge in [-0.25, -0.2) is 0 Å². The van der Waals surface area contributed by atoms with E-state index in [1.807, 2.05) is 18.2 Å². The highest BCUT2D eigenvalue weighted by Crippen LogP contribution is 2.44. The average Bonchev–Trinajstić information content (AvgIpc) is 2.97. The van der Waals surface area contributed by atoms with Gasteiger partial charge in [0.1, 0.15) is 12.2 Å². The van der Waals surface area contributed by atoms with Crippen molar-refractivity contribution in [3.05, 3.63) is 58.5 Å². The zero-order chi connectivity index (χ0) is 17.5. The first-order valence-electron chi connectivity index (χ1n) is 7.98. The van der Waals surface area contributed by atoms with Crippen LogP contribution in [-0.2, 0) is 16.6 Å². The molecule has 1 unspecified atom stereocenters. The number of amides is 1. The lowest BCUT2D eigenvalue weighted by Crippen LogP contribution is -2.29. The monoisotopic (exact) mass is 327 g/mol. The lowest BCUT2D eigenvalue weighted by atomic mass is 9.86. The zero-order valence-electron chi connectivity index (χ0n) is 14.1. The van der Waals surface area contributed by atoms with Gasteiger partial charge < -0.3 is 14.8 Å². The molecule has 0 fully saturated rings. The first-order chi connectivity index (χ1) is 11.3. The van der Waals surface area contributed by atoms with Gasteiger partial charge >= 0.3 is 5.97 Å². The van der Waals surface area contributed by atoms with E-state index in [-0.39, 0.29) is 29.5 Å². The summed E-state index contributed by atoms with van der Waals surface area (Å²) < 4.78 is 5.26. The van der Waals surface area contributed by atoms with Crippen LogP contribution in [0.2, 0.25) is 0 Å². The van der Waals surface area contributed by atoms with Gasteiger partial charge in [0, 0.05) is 5.56 Å². The molecule has 2 N–H and O–H groups in total. The summed E-state index contributed by atoms with van der Waals surface area (Å²) in [7, 11) is 0. The Morgan fingerprint density at radius 3 is 2.75 bits per heavy atom. The summed E-state index contributed by atoms with van der Waals surface area (Å²) in [5.74, 6) is -1.11. The second-order valence-electron chi connectivity index (χ2n) is 6.99. The van der Waals surface area contributed by atoms with Crippen molar-refractivity contribution in [2.24, 2.45) is 0 Å². The Labute approximate surface area is 140 Å². The molecule has 0 aliphatic heterocycles. The van der Waals surface area contributed by atoms with E-state index in [9.17, 15) is 9.59 Å². The Balaban J connectivity index is 1.87. The number of benzene rings is 1. The Morgan fingerprint density at radius 2 is 2.04 bits per heavy atom. The summed E-state index contributed by atoms with van der Waals surface area (Å²) >= 11 is 0. The SMILES string of the molecule is Cc1coc(CC(=O)O)c1C(=O)NC1CC(C)(C)c2ccccc21. The Hall–Kier alpha value is -2.56. The smallest absolute Gasteiger partial charge is 0.311 e. The highest BCUT2D eigenvalue weighted by molar-refractivity contribution is 5.97. The van der Waals surface area contributed by atoms with E-state index >= 15 is 0 Å². The number of carbonyl (C=O) groups excluding carboxylic acids is 1. The molecule has 24 heavy (non-hydrogen) atoms.